The van der Waals surface area contributed by atoms with E-state index >= 15 is 0 Å². The summed E-state index contributed by atoms with van der Waals surface area (Å²) in [6, 6.07) is 4.02. The van der Waals surface area contributed by atoms with Crippen LogP contribution in [0.25, 0.3) is 0 Å². The van der Waals surface area contributed by atoms with Gasteiger partial charge in [-0.15, -0.1) is 0 Å². The lowest BCUT2D eigenvalue weighted by molar-refractivity contribution is 0.182. The van der Waals surface area contributed by atoms with Gasteiger partial charge in [0.2, 0.25) is 0 Å². The SMILES string of the molecule is COCCn1ncc(Br)c1C(N)Cc1ccc(F)cc1Cl. The maximum atomic E-state index is 13.1. The third-order valence-corrected chi connectivity index (χ3v) is 4.11. The van der Waals surface area contributed by atoms with Gasteiger partial charge >= 0.3 is 0 Å². The van der Waals surface area contributed by atoms with Crippen molar-refractivity contribution in [2.24, 2.45) is 5.73 Å². The molecule has 0 saturated carbocycles. The first kappa shape index (κ1) is 16.4. The molecule has 7 heteroatoms. The minimum Gasteiger partial charge on any atom is -0.383 e. The summed E-state index contributed by atoms with van der Waals surface area (Å²) in [5.74, 6) is -0.358. The Bertz CT molecular complexity index is 620. The van der Waals surface area contributed by atoms with Crippen LogP contribution < -0.4 is 5.73 Å². The summed E-state index contributed by atoms with van der Waals surface area (Å²) < 4.78 is 20.8. The molecule has 1 aromatic carbocycles. The van der Waals surface area contributed by atoms with Crippen LogP contribution in [0.1, 0.15) is 17.3 Å². The van der Waals surface area contributed by atoms with Crippen LogP contribution in [-0.2, 0) is 17.7 Å². The zero-order valence-electron chi connectivity index (χ0n) is 11.5. The summed E-state index contributed by atoms with van der Waals surface area (Å²) in [6.07, 6.45) is 2.20. The van der Waals surface area contributed by atoms with Crippen molar-refractivity contribution in [3.8, 4) is 0 Å². The third kappa shape index (κ3) is 4.03. The number of halogens is 3. The number of methoxy groups -OCH3 is 1. The first-order valence-electron chi connectivity index (χ1n) is 6.42. The van der Waals surface area contributed by atoms with E-state index in [1.807, 2.05) is 0 Å². The first-order chi connectivity index (χ1) is 10.0. The summed E-state index contributed by atoms with van der Waals surface area (Å²) >= 11 is 9.50. The molecule has 0 aliphatic carbocycles. The van der Waals surface area contributed by atoms with Crippen LogP contribution in [-0.4, -0.2) is 23.5 Å². The molecular weight excluding hydrogens is 361 g/mol. The van der Waals surface area contributed by atoms with E-state index in [2.05, 4.69) is 21.0 Å². The first-order valence-corrected chi connectivity index (χ1v) is 7.59. The standard InChI is InChI=1S/C14H16BrClFN3O/c1-21-5-4-20-14(11(15)8-19-20)13(18)6-9-2-3-10(17)7-12(9)16/h2-3,7-8,13H,4-6,18H2,1H3. The topological polar surface area (TPSA) is 53.1 Å². The van der Waals surface area contributed by atoms with E-state index in [0.717, 1.165) is 15.7 Å². The van der Waals surface area contributed by atoms with E-state index in [4.69, 9.17) is 22.1 Å². The predicted octanol–water partition coefficient (Wildman–Crippen LogP) is 3.33. The molecule has 1 aromatic heterocycles. The van der Waals surface area contributed by atoms with Crippen molar-refractivity contribution in [2.75, 3.05) is 13.7 Å². The van der Waals surface area contributed by atoms with E-state index in [1.54, 1.807) is 24.1 Å². The van der Waals surface area contributed by atoms with Crippen molar-refractivity contribution in [2.45, 2.75) is 19.0 Å². The highest BCUT2D eigenvalue weighted by Crippen LogP contribution is 2.27. The normalized spacial score (nSPS) is 12.6. The Labute approximate surface area is 136 Å². The number of hydrogen-bond donors (Lipinski definition) is 1. The minimum absolute atomic E-state index is 0.304. The molecular formula is C14H16BrClFN3O. The average molecular weight is 377 g/mol. The zero-order valence-corrected chi connectivity index (χ0v) is 13.9. The fourth-order valence-electron chi connectivity index (χ4n) is 2.12. The largest absolute Gasteiger partial charge is 0.383 e. The van der Waals surface area contributed by atoms with Gasteiger partial charge < -0.3 is 10.5 Å². The molecule has 0 aliphatic heterocycles. The number of aromatic nitrogens is 2. The molecule has 2 rings (SSSR count). The lowest BCUT2D eigenvalue weighted by Crippen LogP contribution is -2.20. The Morgan fingerprint density at radius 1 is 1.52 bits per heavy atom. The lowest BCUT2D eigenvalue weighted by atomic mass is 10.0. The van der Waals surface area contributed by atoms with E-state index in [1.165, 1.54) is 12.1 Å². The molecule has 0 saturated heterocycles. The van der Waals surface area contributed by atoms with E-state index in [0.29, 0.717) is 24.6 Å². The Kier molecular flexibility index (Phi) is 5.75. The van der Waals surface area contributed by atoms with Crippen LogP contribution in [0, 0.1) is 5.82 Å². The maximum Gasteiger partial charge on any atom is 0.124 e. The summed E-state index contributed by atoms with van der Waals surface area (Å²) in [5.41, 5.74) is 7.94. The molecule has 1 unspecified atom stereocenters. The molecule has 0 amide bonds. The molecule has 1 heterocycles. The summed E-state index contributed by atoms with van der Waals surface area (Å²) in [5, 5.41) is 4.65. The van der Waals surface area contributed by atoms with Gasteiger partial charge in [0, 0.05) is 12.1 Å². The smallest absolute Gasteiger partial charge is 0.124 e. The minimum atomic E-state index is -0.358. The Morgan fingerprint density at radius 2 is 2.29 bits per heavy atom. The second kappa shape index (κ2) is 7.35. The molecule has 0 radical (unpaired) electrons. The van der Waals surface area contributed by atoms with Crippen LogP contribution in [0.2, 0.25) is 5.02 Å². The van der Waals surface area contributed by atoms with Gasteiger partial charge in [-0.3, -0.25) is 4.68 Å². The number of hydrogen-bond acceptors (Lipinski definition) is 3. The number of nitrogens with two attached hydrogens (primary N) is 1. The third-order valence-electron chi connectivity index (χ3n) is 3.15. The Morgan fingerprint density at radius 3 is 2.95 bits per heavy atom. The van der Waals surface area contributed by atoms with E-state index in [-0.39, 0.29) is 11.9 Å². The van der Waals surface area contributed by atoms with Crippen molar-refractivity contribution in [1.82, 2.24) is 9.78 Å². The monoisotopic (exact) mass is 375 g/mol. The van der Waals surface area contributed by atoms with Crippen LogP contribution in [0.4, 0.5) is 4.39 Å². The summed E-state index contributed by atoms with van der Waals surface area (Å²) in [6.45, 7) is 1.16. The lowest BCUT2D eigenvalue weighted by Gasteiger charge is -2.16. The number of ether oxygens (including phenoxy) is 1. The van der Waals surface area contributed by atoms with E-state index < -0.39 is 0 Å². The van der Waals surface area contributed by atoms with Crippen LogP contribution >= 0.6 is 27.5 Å². The highest BCUT2D eigenvalue weighted by Gasteiger charge is 2.18. The fraction of sp³-hybridized carbons (Fsp3) is 0.357. The average Bonchev–Trinajstić information content (AvgIpc) is 2.80. The van der Waals surface area contributed by atoms with Crippen molar-refractivity contribution in [3.05, 3.63) is 51.0 Å². The van der Waals surface area contributed by atoms with Gasteiger partial charge in [0.25, 0.3) is 0 Å². The Balaban J connectivity index is 2.19. The zero-order chi connectivity index (χ0) is 15.4. The number of benzene rings is 1. The van der Waals surface area contributed by atoms with E-state index in [9.17, 15) is 4.39 Å². The summed E-state index contributed by atoms with van der Waals surface area (Å²) in [7, 11) is 1.64. The van der Waals surface area contributed by atoms with Gasteiger partial charge in [0.15, 0.2) is 0 Å². The van der Waals surface area contributed by atoms with Crippen molar-refractivity contribution >= 4 is 27.5 Å². The van der Waals surface area contributed by atoms with Crippen molar-refractivity contribution < 1.29 is 9.13 Å². The number of rotatable bonds is 6. The molecule has 0 aliphatic rings. The molecule has 0 spiro atoms. The molecule has 0 fully saturated rings. The fourth-order valence-corrected chi connectivity index (χ4v) is 2.95. The van der Waals surface area contributed by atoms with Gasteiger partial charge in [0.05, 0.1) is 35.6 Å². The molecule has 2 N–H and O–H groups in total. The van der Waals surface area contributed by atoms with Gasteiger partial charge in [0.1, 0.15) is 5.82 Å². The maximum absolute atomic E-state index is 13.1. The molecule has 4 nitrogen and oxygen atoms in total. The predicted molar refractivity (Wildman–Crippen MR) is 83.8 cm³/mol. The van der Waals surface area contributed by atoms with Gasteiger partial charge in [-0.1, -0.05) is 17.7 Å². The van der Waals surface area contributed by atoms with Gasteiger partial charge in [-0.25, -0.2) is 4.39 Å². The van der Waals surface area contributed by atoms with Crippen LogP contribution in [0.15, 0.2) is 28.9 Å². The van der Waals surface area contributed by atoms with Crippen molar-refractivity contribution in [3.63, 3.8) is 0 Å². The van der Waals surface area contributed by atoms with Crippen LogP contribution in [0.5, 0.6) is 0 Å². The van der Waals surface area contributed by atoms with Gasteiger partial charge in [-0.05, 0) is 40.0 Å². The molecule has 0 bridgehead atoms. The number of nitrogens with zero attached hydrogens (tertiary/aromatic N) is 2. The highest BCUT2D eigenvalue weighted by atomic mass is 79.9. The van der Waals surface area contributed by atoms with Crippen molar-refractivity contribution in [1.29, 1.82) is 0 Å². The molecule has 114 valence electrons. The Hall–Kier alpha value is -0.950. The highest BCUT2D eigenvalue weighted by molar-refractivity contribution is 9.10. The quantitative estimate of drug-likeness (QED) is 0.841. The molecule has 1 atom stereocenters. The molecule has 21 heavy (non-hydrogen) atoms. The van der Waals surface area contributed by atoms with Gasteiger partial charge in [-0.2, -0.15) is 5.10 Å². The summed E-state index contributed by atoms with van der Waals surface area (Å²) in [4.78, 5) is 0. The second-order valence-electron chi connectivity index (χ2n) is 4.64. The van der Waals surface area contributed by atoms with Crippen LogP contribution in [0.3, 0.4) is 0 Å². The second-order valence-corrected chi connectivity index (χ2v) is 5.90. The molecule has 2 aromatic rings.